The number of phenolic OH excluding ortho intramolecular Hbond substituents is 1. The molecule has 15 heavy (non-hydrogen) atoms. The second-order valence-electron chi connectivity index (χ2n) is 4.15. The van der Waals surface area contributed by atoms with Gasteiger partial charge in [-0.25, -0.2) is 0 Å². The van der Waals surface area contributed by atoms with Crippen molar-refractivity contribution in [2.45, 2.75) is 31.7 Å². The predicted molar refractivity (Wildman–Crippen MR) is 58.8 cm³/mol. The average molecular weight is 207 g/mol. The normalized spacial score (nSPS) is 16.4. The smallest absolute Gasteiger partial charge is 0.120 e. The molecular weight excluding hydrogens is 190 g/mol. The molecule has 0 aromatic heterocycles. The molecule has 0 aliphatic heterocycles. The summed E-state index contributed by atoms with van der Waals surface area (Å²) in [6.07, 6.45) is 3.78. The lowest BCUT2D eigenvalue weighted by atomic mass is 9.98. The van der Waals surface area contributed by atoms with E-state index >= 15 is 0 Å². The minimum Gasteiger partial charge on any atom is -0.508 e. The number of rotatable bonds is 3. The number of phenols is 1. The number of aliphatic hydroxyl groups excluding tert-OH is 1. The van der Waals surface area contributed by atoms with Crippen LogP contribution < -0.4 is 5.73 Å². The Labute approximate surface area is 89.5 Å². The van der Waals surface area contributed by atoms with E-state index in [1.54, 1.807) is 0 Å². The van der Waals surface area contributed by atoms with E-state index in [2.05, 4.69) is 0 Å². The van der Waals surface area contributed by atoms with Crippen molar-refractivity contribution in [3.63, 3.8) is 0 Å². The molecule has 1 unspecified atom stereocenters. The zero-order valence-corrected chi connectivity index (χ0v) is 8.74. The van der Waals surface area contributed by atoms with Gasteiger partial charge in [-0.3, -0.25) is 0 Å². The van der Waals surface area contributed by atoms with Gasteiger partial charge in [-0.15, -0.1) is 0 Å². The van der Waals surface area contributed by atoms with Crippen LogP contribution in [0.5, 0.6) is 5.75 Å². The van der Waals surface area contributed by atoms with Crippen LogP contribution in [0.2, 0.25) is 0 Å². The molecule has 0 radical (unpaired) electrons. The van der Waals surface area contributed by atoms with Crippen molar-refractivity contribution in [3.8, 4) is 5.75 Å². The lowest BCUT2D eigenvalue weighted by Gasteiger charge is -2.14. The Morgan fingerprint density at radius 2 is 1.93 bits per heavy atom. The van der Waals surface area contributed by atoms with Crippen LogP contribution in [-0.2, 0) is 12.8 Å². The number of hydrogen-bond donors (Lipinski definition) is 3. The topological polar surface area (TPSA) is 66.5 Å². The lowest BCUT2D eigenvalue weighted by Crippen LogP contribution is -2.12. The van der Waals surface area contributed by atoms with Crippen LogP contribution in [0.15, 0.2) is 12.1 Å². The molecule has 1 aliphatic carbocycles. The Hall–Kier alpha value is -1.06. The summed E-state index contributed by atoms with van der Waals surface area (Å²) < 4.78 is 0. The Morgan fingerprint density at radius 1 is 1.27 bits per heavy atom. The molecule has 1 aliphatic rings. The van der Waals surface area contributed by atoms with Crippen LogP contribution in [-0.4, -0.2) is 16.8 Å². The van der Waals surface area contributed by atoms with Gasteiger partial charge in [-0.2, -0.15) is 0 Å². The molecule has 0 saturated heterocycles. The summed E-state index contributed by atoms with van der Waals surface area (Å²) in [6.45, 7) is 0.0533. The van der Waals surface area contributed by atoms with Crippen LogP contribution in [0.3, 0.4) is 0 Å². The van der Waals surface area contributed by atoms with Crippen molar-refractivity contribution in [1.29, 1.82) is 0 Å². The molecule has 4 N–H and O–H groups in total. The van der Waals surface area contributed by atoms with Crippen molar-refractivity contribution >= 4 is 0 Å². The zero-order chi connectivity index (χ0) is 10.8. The highest BCUT2D eigenvalue weighted by atomic mass is 16.3. The maximum atomic E-state index is 9.81. The second-order valence-corrected chi connectivity index (χ2v) is 4.15. The fraction of sp³-hybridized carbons (Fsp3) is 0.500. The van der Waals surface area contributed by atoms with E-state index in [-0.39, 0.29) is 18.4 Å². The van der Waals surface area contributed by atoms with Gasteiger partial charge >= 0.3 is 0 Å². The first-order valence-corrected chi connectivity index (χ1v) is 5.43. The summed E-state index contributed by atoms with van der Waals surface area (Å²) in [5, 5.41) is 18.6. The van der Waals surface area contributed by atoms with E-state index in [1.165, 1.54) is 11.1 Å². The van der Waals surface area contributed by atoms with Crippen LogP contribution in [0, 0.1) is 0 Å². The quantitative estimate of drug-likeness (QED) is 0.699. The van der Waals surface area contributed by atoms with E-state index in [1.807, 2.05) is 12.1 Å². The number of aliphatic hydroxyl groups is 1. The first-order chi connectivity index (χ1) is 7.22. The Kier molecular flexibility index (Phi) is 2.93. The molecule has 1 atom stereocenters. The molecular formula is C12H17NO2. The summed E-state index contributed by atoms with van der Waals surface area (Å²) >= 11 is 0. The van der Waals surface area contributed by atoms with E-state index in [0.717, 1.165) is 24.8 Å². The third kappa shape index (κ3) is 1.98. The molecule has 3 heteroatoms. The van der Waals surface area contributed by atoms with Gasteiger partial charge in [0.25, 0.3) is 0 Å². The van der Waals surface area contributed by atoms with Gasteiger partial charge in [0.2, 0.25) is 0 Å². The van der Waals surface area contributed by atoms with Crippen molar-refractivity contribution in [2.75, 3.05) is 6.61 Å². The highest BCUT2D eigenvalue weighted by Gasteiger charge is 2.17. The van der Waals surface area contributed by atoms with Crippen LogP contribution >= 0.6 is 0 Å². The Balaban J connectivity index is 2.31. The van der Waals surface area contributed by atoms with E-state index < -0.39 is 0 Å². The summed E-state index contributed by atoms with van der Waals surface area (Å²) in [4.78, 5) is 0. The van der Waals surface area contributed by atoms with Crippen LogP contribution in [0.1, 0.15) is 35.6 Å². The second kappa shape index (κ2) is 4.21. The first kappa shape index (κ1) is 10.5. The largest absolute Gasteiger partial charge is 0.508 e. The van der Waals surface area contributed by atoms with Gasteiger partial charge in [0.05, 0.1) is 0 Å². The SMILES string of the molecule is NC(CCO)c1cc2c(cc1O)CCC2. The van der Waals surface area contributed by atoms with Gasteiger partial charge in [-0.05, 0) is 42.9 Å². The van der Waals surface area contributed by atoms with Crippen molar-refractivity contribution in [2.24, 2.45) is 5.73 Å². The molecule has 0 fully saturated rings. The summed E-state index contributed by atoms with van der Waals surface area (Å²) in [7, 11) is 0. The molecule has 2 rings (SSSR count). The lowest BCUT2D eigenvalue weighted by molar-refractivity contribution is 0.275. The highest BCUT2D eigenvalue weighted by Crippen LogP contribution is 2.32. The third-order valence-electron chi connectivity index (χ3n) is 3.08. The molecule has 1 aromatic rings. The van der Waals surface area contributed by atoms with Gasteiger partial charge < -0.3 is 15.9 Å². The highest BCUT2D eigenvalue weighted by molar-refractivity contribution is 5.45. The number of fused-ring (bicyclic) bond motifs is 1. The fourth-order valence-corrected chi connectivity index (χ4v) is 2.22. The number of nitrogens with two attached hydrogens (primary N) is 1. The summed E-state index contributed by atoms with van der Waals surface area (Å²) in [5.74, 6) is 0.275. The maximum absolute atomic E-state index is 9.81. The molecule has 0 spiro atoms. The van der Waals surface area contributed by atoms with E-state index in [9.17, 15) is 5.11 Å². The van der Waals surface area contributed by atoms with E-state index in [4.69, 9.17) is 10.8 Å². The summed E-state index contributed by atoms with van der Waals surface area (Å²) in [5.41, 5.74) is 9.19. The average Bonchev–Trinajstić information content (AvgIpc) is 2.63. The zero-order valence-electron chi connectivity index (χ0n) is 8.74. The molecule has 1 aromatic carbocycles. The number of aryl methyl sites for hydroxylation is 2. The molecule has 0 heterocycles. The maximum Gasteiger partial charge on any atom is 0.120 e. The predicted octanol–water partition coefficient (Wildman–Crippen LogP) is 1.26. The Bertz CT molecular complexity index is 363. The monoisotopic (exact) mass is 207 g/mol. The van der Waals surface area contributed by atoms with Gasteiger partial charge in [0.1, 0.15) is 5.75 Å². The molecule has 0 amide bonds. The molecule has 82 valence electrons. The Morgan fingerprint density at radius 3 is 2.60 bits per heavy atom. The van der Waals surface area contributed by atoms with Gasteiger partial charge in [0, 0.05) is 18.2 Å². The van der Waals surface area contributed by atoms with Gasteiger partial charge in [-0.1, -0.05) is 6.07 Å². The minimum absolute atomic E-state index is 0.0533. The van der Waals surface area contributed by atoms with Crippen LogP contribution in [0.25, 0.3) is 0 Å². The fourth-order valence-electron chi connectivity index (χ4n) is 2.22. The first-order valence-electron chi connectivity index (χ1n) is 5.43. The van der Waals surface area contributed by atoms with Crippen LogP contribution in [0.4, 0.5) is 0 Å². The molecule has 3 nitrogen and oxygen atoms in total. The minimum atomic E-state index is -0.263. The van der Waals surface area contributed by atoms with Crippen molar-refractivity contribution in [1.82, 2.24) is 0 Å². The number of benzene rings is 1. The third-order valence-corrected chi connectivity index (χ3v) is 3.08. The summed E-state index contributed by atoms with van der Waals surface area (Å²) in [6, 6.07) is 3.56. The van der Waals surface area contributed by atoms with E-state index in [0.29, 0.717) is 6.42 Å². The van der Waals surface area contributed by atoms with Gasteiger partial charge in [0.15, 0.2) is 0 Å². The molecule has 0 bridgehead atoms. The standard InChI is InChI=1S/C12H17NO2/c13-11(4-5-14)10-6-8-2-1-3-9(8)7-12(10)15/h6-7,11,14-15H,1-5,13H2. The number of hydrogen-bond acceptors (Lipinski definition) is 3. The van der Waals surface area contributed by atoms with Crippen molar-refractivity contribution < 1.29 is 10.2 Å². The van der Waals surface area contributed by atoms with Crippen molar-refractivity contribution in [3.05, 3.63) is 28.8 Å². The molecule has 0 saturated carbocycles. The number of aromatic hydroxyl groups is 1.